The molecule has 0 spiro atoms. The highest BCUT2D eigenvalue weighted by Gasteiger charge is 2.48. The van der Waals surface area contributed by atoms with Gasteiger partial charge < -0.3 is 4.74 Å². The number of amides is 1. The third kappa shape index (κ3) is 2.06. The fourth-order valence-electron chi connectivity index (χ4n) is 2.46. The molecule has 1 saturated heterocycles. The van der Waals surface area contributed by atoms with Crippen LogP contribution in [0.25, 0.3) is 0 Å². The predicted molar refractivity (Wildman–Crippen MR) is 59.1 cm³/mol. The minimum absolute atomic E-state index is 0.191. The molecule has 0 unspecified atom stereocenters. The van der Waals surface area contributed by atoms with E-state index in [2.05, 4.69) is 0 Å². The predicted octanol–water partition coefficient (Wildman–Crippen LogP) is 1.97. The second-order valence-electron chi connectivity index (χ2n) is 5.70. The maximum Gasteiger partial charge on any atom is 0.410 e. The summed E-state index contributed by atoms with van der Waals surface area (Å²) in [6.45, 7) is 6.20. The van der Waals surface area contributed by atoms with Crippen molar-refractivity contribution in [2.24, 2.45) is 5.92 Å². The number of ether oxygens (including phenoxy) is 1. The van der Waals surface area contributed by atoms with Gasteiger partial charge in [-0.2, -0.15) is 0 Å². The third-order valence-electron chi connectivity index (χ3n) is 3.17. The molecule has 0 radical (unpaired) electrons. The third-order valence-corrected chi connectivity index (χ3v) is 3.17. The summed E-state index contributed by atoms with van der Waals surface area (Å²) >= 11 is 0. The number of hydrogen-bond donors (Lipinski definition) is 0. The second kappa shape index (κ2) is 3.75. The smallest absolute Gasteiger partial charge is 0.410 e. The zero-order chi connectivity index (χ0) is 11.9. The number of fused-ring (bicyclic) bond motifs is 1. The van der Waals surface area contributed by atoms with Gasteiger partial charge in [-0.15, -0.1) is 0 Å². The van der Waals surface area contributed by atoms with Gasteiger partial charge in [-0.1, -0.05) is 0 Å². The molecule has 2 rings (SSSR count). The summed E-state index contributed by atoms with van der Waals surface area (Å²) in [4.78, 5) is 25.1. The molecule has 4 heteroatoms. The average Bonchev–Trinajstić information content (AvgIpc) is 2.04. The number of ketones is 1. The molecule has 1 heterocycles. The minimum Gasteiger partial charge on any atom is -0.444 e. The Labute approximate surface area is 95.9 Å². The van der Waals surface area contributed by atoms with Crippen LogP contribution >= 0.6 is 0 Å². The monoisotopic (exact) mass is 225 g/mol. The van der Waals surface area contributed by atoms with Gasteiger partial charge in [0.15, 0.2) is 5.78 Å². The van der Waals surface area contributed by atoms with Crippen molar-refractivity contribution in [2.75, 3.05) is 6.54 Å². The van der Waals surface area contributed by atoms with E-state index in [1.54, 1.807) is 4.90 Å². The fraction of sp³-hybridized carbons (Fsp3) is 0.833. The number of likely N-dealkylation sites (tertiary alicyclic amines) is 1. The van der Waals surface area contributed by atoms with Gasteiger partial charge in [0.25, 0.3) is 0 Å². The first-order valence-corrected chi connectivity index (χ1v) is 5.91. The molecule has 0 aromatic heterocycles. The molecule has 16 heavy (non-hydrogen) atoms. The average molecular weight is 225 g/mol. The lowest BCUT2D eigenvalue weighted by atomic mass is 9.76. The molecule has 2 fully saturated rings. The number of Topliss-reactive ketones (excluding diaryl/α,β-unsaturated/α-hetero) is 1. The summed E-state index contributed by atoms with van der Waals surface area (Å²) in [5, 5.41) is 0. The van der Waals surface area contributed by atoms with E-state index in [1.807, 2.05) is 20.8 Å². The standard InChI is InChI=1S/C12H19NO3/c1-12(2,3)16-11(15)13-7-8-5-4-6-9(14)10(8)13/h8,10H,4-7H2,1-3H3/t8-,10+/m1/s1. The molecule has 0 N–H and O–H groups in total. The molecule has 4 nitrogen and oxygen atoms in total. The minimum atomic E-state index is -0.486. The maximum atomic E-state index is 11.8. The normalized spacial score (nSPS) is 29.4. The highest BCUT2D eigenvalue weighted by molar-refractivity contribution is 5.90. The summed E-state index contributed by atoms with van der Waals surface area (Å²) in [5.41, 5.74) is -0.486. The number of carbonyl (C=O) groups is 2. The van der Waals surface area contributed by atoms with E-state index in [-0.39, 0.29) is 17.9 Å². The first kappa shape index (κ1) is 11.4. The highest BCUT2D eigenvalue weighted by Crippen LogP contribution is 2.35. The Balaban J connectivity index is 1.97. The first-order chi connectivity index (χ1) is 7.38. The number of rotatable bonds is 0. The van der Waals surface area contributed by atoms with Crippen LogP contribution in [0.5, 0.6) is 0 Å². The van der Waals surface area contributed by atoms with Gasteiger partial charge in [-0.3, -0.25) is 9.69 Å². The molecule has 1 amide bonds. The second-order valence-corrected chi connectivity index (χ2v) is 5.70. The van der Waals surface area contributed by atoms with Gasteiger partial charge >= 0.3 is 6.09 Å². The van der Waals surface area contributed by atoms with Crippen LogP contribution in [0.15, 0.2) is 0 Å². The van der Waals surface area contributed by atoms with Crippen molar-refractivity contribution in [1.29, 1.82) is 0 Å². The summed E-state index contributed by atoms with van der Waals surface area (Å²) in [5.74, 6) is 0.585. The Morgan fingerprint density at radius 1 is 1.44 bits per heavy atom. The van der Waals surface area contributed by atoms with Crippen molar-refractivity contribution in [3.63, 3.8) is 0 Å². The molecule has 0 aromatic rings. The van der Waals surface area contributed by atoms with Crippen LogP contribution in [0.2, 0.25) is 0 Å². The highest BCUT2D eigenvalue weighted by atomic mass is 16.6. The molecule has 1 aliphatic carbocycles. The van der Waals surface area contributed by atoms with Crippen molar-refractivity contribution < 1.29 is 14.3 Å². The van der Waals surface area contributed by atoms with Crippen molar-refractivity contribution in [3.8, 4) is 0 Å². The summed E-state index contributed by atoms with van der Waals surface area (Å²) in [7, 11) is 0. The van der Waals surface area contributed by atoms with Gasteiger partial charge in [0.1, 0.15) is 5.60 Å². The lowest BCUT2D eigenvalue weighted by Crippen LogP contribution is -2.64. The van der Waals surface area contributed by atoms with Crippen LogP contribution in [0.4, 0.5) is 4.79 Å². The summed E-state index contributed by atoms with van der Waals surface area (Å²) in [6.07, 6.45) is 2.31. The molecular weight excluding hydrogens is 206 g/mol. The Morgan fingerprint density at radius 3 is 2.69 bits per heavy atom. The van der Waals surface area contributed by atoms with Crippen LogP contribution in [0.3, 0.4) is 0 Å². The zero-order valence-electron chi connectivity index (χ0n) is 10.2. The van der Waals surface area contributed by atoms with Crippen LogP contribution in [0.1, 0.15) is 40.0 Å². The van der Waals surface area contributed by atoms with Gasteiger partial charge in [0.2, 0.25) is 0 Å². The van der Waals surface area contributed by atoms with E-state index >= 15 is 0 Å². The largest absolute Gasteiger partial charge is 0.444 e. The van der Waals surface area contributed by atoms with E-state index in [0.717, 1.165) is 12.8 Å². The molecule has 0 bridgehead atoms. The zero-order valence-corrected chi connectivity index (χ0v) is 10.2. The summed E-state index contributed by atoms with van der Waals surface area (Å²) < 4.78 is 5.27. The lowest BCUT2D eigenvalue weighted by Gasteiger charge is -2.49. The number of hydrogen-bond acceptors (Lipinski definition) is 3. The number of carbonyl (C=O) groups excluding carboxylic acids is 2. The van der Waals surface area contributed by atoms with Crippen LogP contribution in [-0.2, 0) is 9.53 Å². The molecule has 2 aliphatic rings. The Bertz CT molecular complexity index is 319. The SMILES string of the molecule is CC(C)(C)OC(=O)N1C[C@H]2CCCC(=O)[C@H]21. The van der Waals surface area contributed by atoms with Crippen molar-refractivity contribution >= 4 is 11.9 Å². The van der Waals surface area contributed by atoms with Gasteiger partial charge in [0, 0.05) is 18.9 Å². The maximum absolute atomic E-state index is 11.8. The fourth-order valence-corrected chi connectivity index (χ4v) is 2.46. The van der Waals surface area contributed by atoms with Crippen LogP contribution < -0.4 is 0 Å². The lowest BCUT2D eigenvalue weighted by molar-refractivity contribution is -0.136. The van der Waals surface area contributed by atoms with E-state index in [4.69, 9.17) is 4.74 Å². The molecule has 90 valence electrons. The molecular formula is C12H19NO3. The van der Waals surface area contributed by atoms with Crippen molar-refractivity contribution in [3.05, 3.63) is 0 Å². The molecule has 2 atom stereocenters. The van der Waals surface area contributed by atoms with Crippen LogP contribution in [0, 0.1) is 5.92 Å². The van der Waals surface area contributed by atoms with Crippen LogP contribution in [-0.4, -0.2) is 35.0 Å². The van der Waals surface area contributed by atoms with Crippen molar-refractivity contribution in [1.82, 2.24) is 4.90 Å². The molecule has 1 aliphatic heterocycles. The topological polar surface area (TPSA) is 46.6 Å². The Hall–Kier alpha value is -1.06. The van der Waals surface area contributed by atoms with E-state index < -0.39 is 5.60 Å². The molecule has 1 saturated carbocycles. The Morgan fingerprint density at radius 2 is 2.12 bits per heavy atom. The van der Waals surface area contributed by atoms with E-state index in [0.29, 0.717) is 18.9 Å². The quantitative estimate of drug-likeness (QED) is 0.633. The van der Waals surface area contributed by atoms with Gasteiger partial charge in [-0.25, -0.2) is 4.79 Å². The van der Waals surface area contributed by atoms with E-state index in [1.165, 1.54) is 0 Å². The van der Waals surface area contributed by atoms with E-state index in [9.17, 15) is 9.59 Å². The van der Waals surface area contributed by atoms with Gasteiger partial charge in [-0.05, 0) is 33.6 Å². The summed E-state index contributed by atoms with van der Waals surface area (Å²) in [6, 6.07) is -0.191. The molecule has 0 aromatic carbocycles. The Kier molecular flexibility index (Phi) is 2.68. The first-order valence-electron chi connectivity index (χ1n) is 5.91. The number of nitrogens with zero attached hydrogens (tertiary/aromatic N) is 1. The van der Waals surface area contributed by atoms with Gasteiger partial charge in [0.05, 0.1) is 6.04 Å². The van der Waals surface area contributed by atoms with Crippen molar-refractivity contribution in [2.45, 2.75) is 51.7 Å².